The van der Waals surface area contributed by atoms with Crippen LogP contribution in [0, 0.1) is 6.92 Å². The summed E-state index contributed by atoms with van der Waals surface area (Å²) in [6.45, 7) is 5.04. The summed E-state index contributed by atoms with van der Waals surface area (Å²) in [6, 6.07) is 10.2. The molecule has 1 aliphatic heterocycles. The molecule has 3 aromatic rings. The van der Waals surface area contributed by atoms with Gasteiger partial charge < -0.3 is 9.64 Å². The van der Waals surface area contributed by atoms with E-state index in [9.17, 15) is 0 Å². The smallest absolute Gasteiger partial charge is 0.232 e. The Morgan fingerprint density at radius 1 is 1.07 bits per heavy atom. The van der Waals surface area contributed by atoms with Gasteiger partial charge in [0.2, 0.25) is 11.1 Å². The number of morpholine rings is 1. The van der Waals surface area contributed by atoms with Crippen molar-refractivity contribution in [3.05, 3.63) is 46.9 Å². The Morgan fingerprint density at radius 3 is 2.55 bits per heavy atom. The van der Waals surface area contributed by atoms with Crippen LogP contribution in [0.3, 0.4) is 0 Å². The predicted molar refractivity (Wildman–Crippen MR) is 112 cm³/mol. The maximum atomic E-state index is 6.26. The molecule has 1 saturated carbocycles. The first kappa shape index (κ1) is 18.8. The Kier molecular flexibility index (Phi) is 5.15. The van der Waals surface area contributed by atoms with Gasteiger partial charge >= 0.3 is 0 Å². The summed E-state index contributed by atoms with van der Waals surface area (Å²) in [7, 11) is 0. The molecule has 0 atom stereocenters. The highest BCUT2D eigenvalue weighted by Crippen LogP contribution is 2.40. The van der Waals surface area contributed by atoms with Crippen molar-refractivity contribution in [1.82, 2.24) is 24.7 Å². The molecule has 2 fully saturated rings. The molecule has 0 bridgehead atoms. The van der Waals surface area contributed by atoms with E-state index in [0.717, 1.165) is 53.6 Å². The molecule has 1 aliphatic carbocycles. The monoisotopic (exact) mass is 428 g/mol. The Labute approximate surface area is 178 Å². The molecule has 29 heavy (non-hydrogen) atoms. The molecule has 0 radical (unpaired) electrons. The maximum absolute atomic E-state index is 6.26. The van der Waals surface area contributed by atoms with Crippen LogP contribution in [-0.2, 0) is 4.74 Å². The molecular weight excluding hydrogens is 408 g/mol. The first-order chi connectivity index (χ1) is 14.2. The van der Waals surface area contributed by atoms with Crippen LogP contribution in [0.25, 0.3) is 5.69 Å². The second-order valence-electron chi connectivity index (χ2n) is 7.32. The van der Waals surface area contributed by atoms with Crippen LogP contribution >= 0.6 is 23.4 Å². The minimum atomic E-state index is 0.437. The third-order valence-corrected chi connectivity index (χ3v) is 6.09. The molecule has 7 nitrogen and oxygen atoms in total. The molecule has 1 aromatic carbocycles. The first-order valence-corrected chi connectivity index (χ1v) is 10.9. The van der Waals surface area contributed by atoms with Gasteiger partial charge in [-0.2, -0.15) is 0 Å². The van der Waals surface area contributed by atoms with Gasteiger partial charge in [0.25, 0.3) is 0 Å². The Bertz CT molecular complexity index is 1010. The highest BCUT2D eigenvalue weighted by molar-refractivity contribution is 7.99. The molecule has 0 amide bonds. The lowest BCUT2D eigenvalue weighted by atomic mass is 10.2. The van der Waals surface area contributed by atoms with E-state index in [0.29, 0.717) is 24.3 Å². The number of aromatic nitrogens is 5. The van der Waals surface area contributed by atoms with Crippen molar-refractivity contribution >= 4 is 29.3 Å². The van der Waals surface area contributed by atoms with Gasteiger partial charge in [0, 0.05) is 25.1 Å². The zero-order valence-corrected chi connectivity index (χ0v) is 17.7. The van der Waals surface area contributed by atoms with Crippen LogP contribution in [0.1, 0.15) is 30.1 Å². The van der Waals surface area contributed by atoms with Gasteiger partial charge in [0.15, 0.2) is 0 Å². The average molecular weight is 429 g/mol. The molecule has 2 aromatic heterocycles. The molecule has 150 valence electrons. The van der Waals surface area contributed by atoms with E-state index in [4.69, 9.17) is 21.3 Å². The molecular formula is C20H21ClN6OS. The van der Waals surface area contributed by atoms with Gasteiger partial charge in [-0.15, -0.1) is 10.2 Å². The zero-order chi connectivity index (χ0) is 19.8. The minimum Gasteiger partial charge on any atom is -0.378 e. The molecule has 0 spiro atoms. The fraction of sp³-hybridized carbons (Fsp3) is 0.400. The molecule has 0 unspecified atom stereocenters. The number of aryl methyl sites for hydroxylation is 1. The van der Waals surface area contributed by atoms with E-state index in [1.807, 2.05) is 0 Å². The number of hydrogen-bond donors (Lipinski definition) is 0. The lowest BCUT2D eigenvalue weighted by Gasteiger charge is -2.27. The summed E-state index contributed by atoms with van der Waals surface area (Å²) in [5, 5.41) is 11.0. The molecule has 1 saturated heterocycles. The van der Waals surface area contributed by atoms with E-state index in [1.165, 1.54) is 17.3 Å². The summed E-state index contributed by atoms with van der Waals surface area (Å²) in [6.07, 6.45) is 2.26. The van der Waals surface area contributed by atoms with Crippen molar-refractivity contribution in [2.24, 2.45) is 0 Å². The Balaban J connectivity index is 1.54. The fourth-order valence-corrected chi connectivity index (χ4v) is 4.41. The number of nitrogens with zero attached hydrogens (tertiary/aromatic N) is 6. The van der Waals surface area contributed by atoms with Crippen LogP contribution in [-0.4, -0.2) is 51.0 Å². The largest absolute Gasteiger partial charge is 0.378 e. The number of rotatable bonds is 5. The third-order valence-electron chi connectivity index (χ3n) is 5.03. The lowest BCUT2D eigenvalue weighted by Crippen LogP contribution is -2.37. The first-order valence-electron chi connectivity index (χ1n) is 9.75. The third kappa shape index (κ3) is 4.10. The van der Waals surface area contributed by atoms with Crippen LogP contribution in [0.15, 0.2) is 40.5 Å². The number of hydrogen-bond acceptors (Lipinski definition) is 7. The van der Waals surface area contributed by atoms with E-state index in [1.54, 1.807) is 6.07 Å². The van der Waals surface area contributed by atoms with E-state index < -0.39 is 0 Å². The lowest BCUT2D eigenvalue weighted by molar-refractivity contribution is 0.122. The normalized spacial score (nSPS) is 17.0. The van der Waals surface area contributed by atoms with Crippen LogP contribution in [0.4, 0.5) is 5.95 Å². The maximum Gasteiger partial charge on any atom is 0.232 e. The summed E-state index contributed by atoms with van der Waals surface area (Å²) in [5.41, 5.74) is 2.23. The number of ether oxygens (including phenoxy) is 1. The second kappa shape index (κ2) is 7.93. The van der Waals surface area contributed by atoms with Crippen molar-refractivity contribution in [3.63, 3.8) is 0 Å². The summed E-state index contributed by atoms with van der Waals surface area (Å²) in [4.78, 5) is 11.3. The van der Waals surface area contributed by atoms with Crippen molar-refractivity contribution in [2.75, 3.05) is 31.2 Å². The molecule has 0 N–H and O–H groups in total. The van der Waals surface area contributed by atoms with Crippen molar-refractivity contribution in [2.45, 2.75) is 35.9 Å². The number of anilines is 1. The Morgan fingerprint density at radius 2 is 1.83 bits per heavy atom. The van der Waals surface area contributed by atoms with Gasteiger partial charge in [-0.05, 0) is 43.7 Å². The van der Waals surface area contributed by atoms with Gasteiger partial charge in [-0.1, -0.05) is 29.3 Å². The summed E-state index contributed by atoms with van der Waals surface area (Å²) in [5.74, 6) is 2.09. The van der Waals surface area contributed by atoms with Crippen molar-refractivity contribution < 1.29 is 4.74 Å². The summed E-state index contributed by atoms with van der Waals surface area (Å²) < 4.78 is 7.59. The van der Waals surface area contributed by atoms with Crippen molar-refractivity contribution in [3.8, 4) is 5.69 Å². The quantitative estimate of drug-likeness (QED) is 0.571. The standard InChI is InChI=1S/C20H21ClN6OS/c1-13-2-6-15(7-3-13)27-19(26-8-10-28-11-9-26)24-25-20(27)29-17-12-16(21)22-18(23-17)14-4-5-14/h2-3,6-7,12,14H,4-5,8-11H2,1H3. The van der Waals surface area contributed by atoms with Gasteiger partial charge in [-0.3, -0.25) is 4.57 Å². The van der Waals surface area contributed by atoms with E-state index in [2.05, 4.69) is 55.8 Å². The second-order valence-corrected chi connectivity index (χ2v) is 8.69. The van der Waals surface area contributed by atoms with Gasteiger partial charge in [0.05, 0.1) is 18.9 Å². The van der Waals surface area contributed by atoms with Gasteiger partial charge in [0.1, 0.15) is 16.0 Å². The van der Waals surface area contributed by atoms with Gasteiger partial charge in [-0.25, -0.2) is 9.97 Å². The fourth-order valence-electron chi connectivity index (χ4n) is 3.30. The molecule has 3 heterocycles. The van der Waals surface area contributed by atoms with E-state index in [-0.39, 0.29) is 0 Å². The minimum absolute atomic E-state index is 0.437. The Hall–Kier alpha value is -2.16. The molecule has 5 rings (SSSR count). The summed E-state index contributed by atoms with van der Waals surface area (Å²) >= 11 is 7.73. The predicted octanol–water partition coefficient (Wildman–Crippen LogP) is 3.88. The SMILES string of the molecule is Cc1ccc(-n2c(Sc3cc(Cl)nc(C4CC4)n3)nnc2N2CCOCC2)cc1. The van der Waals surface area contributed by atoms with Crippen LogP contribution < -0.4 is 4.90 Å². The van der Waals surface area contributed by atoms with Crippen LogP contribution in [0.5, 0.6) is 0 Å². The zero-order valence-electron chi connectivity index (χ0n) is 16.1. The van der Waals surface area contributed by atoms with Crippen molar-refractivity contribution in [1.29, 1.82) is 0 Å². The highest BCUT2D eigenvalue weighted by atomic mass is 35.5. The van der Waals surface area contributed by atoms with E-state index >= 15 is 0 Å². The molecule has 2 aliphatic rings. The average Bonchev–Trinajstić information content (AvgIpc) is 3.50. The number of halogens is 1. The molecule has 9 heteroatoms. The topological polar surface area (TPSA) is 69.0 Å². The highest BCUT2D eigenvalue weighted by Gasteiger charge is 2.28. The van der Waals surface area contributed by atoms with Crippen LogP contribution in [0.2, 0.25) is 5.15 Å². The number of benzene rings is 1.